The molecule has 0 aliphatic carbocycles. The van der Waals surface area contributed by atoms with Crippen LogP contribution in [0.3, 0.4) is 0 Å². The third-order valence-electron chi connectivity index (χ3n) is 4.96. The molecule has 0 radical (unpaired) electrons. The Balaban J connectivity index is 1.72. The van der Waals surface area contributed by atoms with E-state index >= 15 is 0 Å². The molecular formula is C18H20F6N4O3S. The molecule has 0 spiro atoms. The summed E-state index contributed by atoms with van der Waals surface area (Å²) in [5, 5.41) is 14.1. The van der Waals surface area contributed by atoms with Crippen LogP contribution in [0.25, 0.3) is 0 Å². The molecule has 0 amide bonds. The molecule has 3 rings (SSSR count). The number of nitrogens with zero attached hydrogens (tertiary/aromatic N) is 4. The molecule has 178 valence electrons. The first-order chi connectivity index (χ1) is 14.8. The van der Waals surface area contributed by atoms with Crippen LogP contribution in [0, 0.1) is 0 Å². The summed E-state index contributed by atoms with van der Waals surface area (Å²) in [6.45, 7) is 0.440. The summed E-state index contributed by atoms with van der Waals surface area (Å²) in [6, 6.07) is 2.00. The maximum Gasteiger partial charge on any atom is 0.416 e. The lowest BCUT2D eigenvalue weighted by Crippen LogP contribution is -2.50. The molecular weight excluding hydrogens is 466 g/mol. The van der Waals surface area contributed by atoms with Gasteiger partial charge >= 0.3 is 12.4 Å². The van der Waals surface area contributed by atoms with E-state index in [1.807, 2.05) is 0 Å². The normalized spacial score (nSPS) is 18.1. The number of piperazine rings is 1. The van der Waals surface area contributed by atoms with Crippen LogP contribution in [0.1, 0.15) is 11.1 Å². The summed E-state index contributed by atoms with van der Waals surface area (Å²) in [4.78, 5) is 0.694. The van der Waals surface area contributed by atoms with Crippen molar-refractivity contribution in [2.75, 3.05) is 32.7 Å². The molecule has 0 saturated carbocycles. The van der Waals surface area contributed by atoms with Crippen molar-refractivity contribution in [3.63, 3.8) is 0 Å². The fourth-order valence-corrected chi connectivity index (χ4v) is 4.85. The Morgan fingerprint density at radius 1 is 0.938 bits per heavy atom. The molecule has 2 heterocycles. The number of hydrogen-bond donors (Lipinski definition) is 1. The van der Waals surface area contributed by atoms with Crippen molar-refractivity contribution in [2.45, 2.75) is 29.9 Å². The first kappa shape index (κ1) is 24.5. The van der Waals surface area contributed by atoms with Gasteiger partial charge in [-0.1, -0.05) is 0 Å². The Kier molecular flexibility index (Phi) is 6.88. The lowest BCUT2D eigenvalue weighted by atomic mass is 10.1. The maximum absolute atomic E-state index is 13.1. The second-order valence-electron chi connectivity index (χ2n) is 7.33. The van der Waals surface area contributed by atoms with Crippen LogP contribution in [0.15, 0.2) is 41.6 Å². The standard InChI is InChI=1S/C18H20F6N4O3S/c19-17(20,21)13-8-14(18(22,23)24)10-16(9-13)32(30,31)28-6-4-26(5-7-28)11-15(29)12-27-3-1-2-25-27/h1-3,8-10,15,29H,4-7,11-12H2. The van der Waals surface area contributed by atoms with E-state index in [4.69, 9.17) is 0 Å². The molecule has 1 atom stereocenters. The highest BCUT2D eigenvalue weighted by atomic mass is 32.2. The number of hydrogen-bond acceptors (Lipinski definition) is 5. The number of aliphatic hydroxyl groups is 1. The van der Waals surface area contributed by atoms with Crippen LogP contribution in [-0.2, 0) is 28.9 Å². The fraction of sp³-hybridized carbons (Fsp3) is 0.500. The number of benzene rings is 1. The molecule has 14 heteroatoms. The van der Waals surface area contributed by atoms with Crippen LogP contribution in [-0.4, -0.2) is 71.3 Å². The molecule has 1 unspecified atom stereocenters. The molecule has 2 aromatic rings. The first-order valence-corrected chi connectivity index (χ1v) is 10.9. The average Bonchev–Trinajstić information content (AvgIpc) is 3.19. The number of alkyl halides is 6. The van der Waals surface area contributed by atoms with Gasteiger partial charge in [-0.15, -0.1) is 0 Å². The molecule has 1 saturated heterocycles. The number of aromatic nitrogens is 2. The highest BCUT2D eigenvalue weighted by molar-refractivity contribution is 7.89. The van der Waals surface area contributed by atoms with Crippen LogP contribution in [0.2, 0.25) is 0 Å². The smallest absolute Gasteiger partial charge is 0.390 e. The van der Waals surface area contributed by atoms with E-state index in [-0.39, 0.29) is 57.5 Å². The zero-order chi connectivity index (χ0) is 23.7. The number of halogens is 6. The number of aliphatic hydroxyl groups excluding tert-OH is 1. The van der Waals surface area contributed by atoms with Gasteiger partial charge in [0.25, 0.3) is 0 Å². The van der Waals surface area contributed by atoms with Crippen molar-refractivity contribution in [2.24, 2.45) is 0 Å². The highest BCUT2D eigenvalue weighted by Crippen LogP contribution is 2.37. The third kappa shape index (κ3) is 5.79. The summed E-state index contributed by atoms with van der Waals surface area (Å²) in [7, 11) is -4.59. The number of rotatable bonds is 6. The Bertz CT molecular complexity index is 984. The minimum absolute atomic E-state index is 0.113. The number of β-amino-alcohol motifs (C(OH)–C–C–N with tert-alkyl or cyclic N) is 1. The van der Waals surface area contributed by atoms with Crippen LogP contribution in [0.4, 0.5) is 26.3 Å². The largest absolute Gasteiger partial charge is 0.416 e. The fourth-order valence-electron chi connectivity index (χ4n) is 3.36. The minimum Gasteiger partial charge on any atom is -0.390 e. The van der Waals surface area contributed by atoms with Gasteiger partial charge in [-0.05, 0) is 24.3 Å². The maximum atomic E-state index is 13.1. The van der Waals surface area contributed by atoms with E-state index in [1.165, 1.54) is 4.68 Å². The summed E-state index contributed by atoms with van der Waals surface area (Å²) in [6.07, 6.45) is -7.87. The monoisotopic (exact) mass is 486 g/mol. The molecule has 32 heavy (non-hydrogen) atoms. The second-order valence-corrected chi connectivity index (χ2v) is 9.27. The Morgan fingerprint density at radius 3 is 1.97 bits per heavy atom. The molecule has 7 nitrogen and oxygen atoms in total. The van der Waals surface area contributed by atoms with Crippen molar-refractivity contribution >= 4 is 10.0 Å². The topological polar surface area (TPSA) is 78.7 Å². The van der Waals surface area contributed by atoms with E-state index < -0.39 is 44.5 Å². The van der Waals surface area contributed by atoms with E-state index in [9.17, 15) is 39.9 Å². The van der Waals surface area contributed by atoms with E-state index in [0.717, 1.165) is 4.31 Å². The summed E-state index contributed by atoms with van der Waals surface area (Å²) >= 11 is 0. The molecule has 1 N–H and O–H groups in total. The molecule has 1 aromatic heterocycles. The van der Waals surface area contributed by atoms with Crippen LogP contribution in [0.5, 0.6) is 0 Å². The van der Waals surface area contributed by atoms with Gasteiger partial charge in [0.15, 0.2) is 0 Å². The Hall–Kier alpha value is -2.16. The van der Waals surface area contributed by atoms with Gasteiger partial charge in [-0.2, -0.15) is 35.7 Å². The predicted molar refractivity (Wildman–Crippen MR) is 99.9 cm³/mol. The van der Waals surface area contributed by atoms with Crippen LogP contribution >= 0.6 is 0 Å². The minimum atomic E-state index is -5.14. The van der Waals surface area contributed by atoms with E-state index in [2.05, 4.69) is 5.10 Å². The van der Waals surface area contributed by atoms with Gasteiger partial charge in [0, 0.05) is 45.1 Å². The zero-order valence-corrected chi connectivity index (χ0v) is 17.3. The van der Waals surface area contributed by atoms with Gasteiger partial charge in [-0.25, -0.2) is 8.42 Å². The summed E-state index contributed by atoms with van der Waals surface area (Å²) in [5.41, 5.74) is -3.38. The average molecular weight is 486 g/mol. The van der Waals surface area contributed by atoms with E-state index in [1.54, 1.807) is 23.4 Å². The van der Waals surface area contributed by atoms with E-state index in [0.29, 0.717) is 0 Å². The van der Waals surface area contributed by atoms with Gasteiger partial charge in [0.1, 0.15) is 0 Å². The van der Waals surface area contributed by atoms with Crippen LogP contribution < -0.4 is 0 Å². The predicted octanol–water partition coefficient (Wildman–Crippen LogP) is 2.29. The highest BCUT2D eigenvalue weighted by Gasteiger charge is 2.39. The van der Waals surface area contributed by atoms with Crippen molar-refractivity contribution in [1.29, 1.82) is 0 Å². The lowest BCUT2D eigenvalue weighted by Gasteiger charge is -2.35. The van der Waals surface area contributed by atoms with Crippen molar-refractivity contribution in [3.8, 4) is 0 Å². The van der Waals surface area contributed by atoms with Gasteiger partial charge in [0.05, 0.1) is 28.7 Å². The molecule has 1 fully saturated rings. The molecule has 0 bridgehead atoms. The summed E-state index contributed by atoms with van der Waals surface area (Å²) in [5.74, 6) is 0. The summed E-state index contributed by atoms with van der Waals surface area (Å²) < 4.78 is 106. The van der Waals surface area contributed by atoms with Gasteiger partial charge < -0.3 is 5.11 Å². The van der Waals surface area contributed by atoms with Crippen molar-refractivity contribution in [1.82, 2.24) is 19.0 Å². The zero-order valence-electron chi connectivity index (χ0n) is 16.5. The third-order valence-corrected chi connectivity index (χ3v) is 6.83. The second kappa shape index (κ2) is 9.00. The van der Waals surface area contributed by atoms with Gasteiger partial charge in [0.2, 0.25) is 10.0 Å². The Morgan fingerprint density at radius 2 is 1.50 bits per heavy atom. The Labute approximate surface area is 179 Å². The SMILES string of the molecule is O=S(=O)(c1cc(C(F)(F)F)cc(C(F)(F)F)c1)N1CCN(CC(O)Cn2cccn2)CC1. The lowest BCUT2D eigenvalue weighted by molar-refractivity contribution is -0.143. The first-order valence-electron chi connectivity index (χ1n) is 9.44. The molecule has 1 aliphatic rings. The van der Waals surface area contributed by atoms with Crippen molar-refractivity contribution < 1.29 is 39.9 Å². The number of sulfonamides is 1. The quantitative estimate of drug-likeness (QED) is 0.634. The molecule has 1 aliphatic heterocycles. The van der Waals surface area contributed by atoms with Crippen molar-refractivity contribution in [3.05, 3.63) is 47.8 Å². The molecule has 1 aromatic carbocycles. The van der Waals surface area contributed by atoms with Gasteiger partial charge in [-0.3, -0.25) is 9.58 Å².